The predicted octanol–water partition coefficient (Wildman–Crippen LogP) is 2.05. The monoisotopic (exact) mass is 311 g/mol. The standard InChI is InChI=1S/C16H17N5O2/c1-11-15(12(2)23-20-11)16(22)19-14(10-21-17-8-9-18-21)13-6-4-3-5-7-13/h3-9,14H,10H2,1-2H3,(H,19,22). The van der Waals surface area contributed by atoms with E-state index in [1.807, 2.05) is 30.3 Å². The fourth-order valence-electron chi connectivity index (χ4n) is 2.46. The second-order valence-electron chi connectivity index (χ2n) is 5.22. The van der Waals surface area contributed by atoms with Crippen LogP contribution >= 0.6 is 0 Å². The number of carbonyl (C=O) groups is 1. The zero-order valence-corrected chi connectivity index (χ0v) is 12.9. The number of hydrogen-bond donors (Lipinski definition) is 1. The van der Waals surface area contributed by atoms with Crippen LogP contribution in [0.4, 0.5) is 0 Å². The summed E-state index contributed by atoms with van der Waals surface area (Å²) < 4.78 is 5.07. The smallest absolute Gasteiger partial charge is 0.257 e. The number of aryl methyl sites for hydroxylation is 2. The highest BCUT2D eigenvalue weighted by Crippen LogP contribution is 2.18. The van der Waals surface area contributed by atoms with Crippen molar-refractivity contribution in [2.24, 2.45) is 0 Å². The maximum absolute atomic E-state index is 12.6. The Labute approximate surface area is 133 Å². The van der Waals surface area contributed by atoms with Crippen molar-refractivity contribution < 1.29 is 9.32 Å². The zero-order chi connectivity index (χ0) is 16.2. The van der Waals surface area contributed by atoms with Gasteiger partial charge < -0.3 is 9.84 Å². The van der Waals surface area contributed by atoms with Gasteiger partial charge in [0, 0.05) is 0 Å². The normalized spacial score (nSPS) is 12.1. The van der Waals surface area contributed by atoms with Crippen molar-refractivity contribution in [3.8, 4) is 0 Å². The van der Waals surface area contributed by atoms with Crippen LogP contribution in [0.1, 0.15) is 33.4 Å². The highest BCUT2D eigenvalue weighted by atomic mass is 16.5. The average molecular weight is 311 g/mol. The molecule has 1 unspecified atom stereocenters. The Hall–Kier alpha value is -2.96. The highest BCUT2D eigenvalue weighted by molar-refractivity contribution is 5.96. The molecule has 7 heteroatoms. The van der Waals surface area contributed by atoms with E-state index in [9.17, 15) is 4.79 Å². The molecule has 118 valence electrons. The lowest BCUT2D eigenvalue weighted by Gasteiger charge is -2.18. The number of nitrogens with one attached hydrogen (secondary N) is 1. The van der Waals surface area contributed by atoms with E-state index < -0.39 is 0 Å². The second-order valence-corrected chi connectivity index (χ2v) is 5.22. The first-order valence-corrected chi connectivity index (χ1v) is 7.28. The molecule has 3 rings (SSSR count). The van der Waals surface area contributed by atoms with E-state index >= 15 is 0 Å². The molecular weight excluding hydrogens is 294 g/mol. The van der Waals surface area contributed by atoms with Gasteiger partial charge >= 0.3 is 0 Å². The number of benzene rings is 1. The van der Waals surface area contributed by atoms with E-state index in [2.05, 4.69) is 20.7 Å². The maximum atomic E-state index is 12.6. The number of hydrogen-bond acceptors (Lipinski definition) is 5. The topological polar surface area (TPSA) is 85.8 Å². The van der Waals surface area contributed by atoms with Crippen LogP contribution in [-0.2, 0) is 6.54 Å². The summed E-state index contributed by atoms with van der Waals surface area (Å²) in [5.74, 6) is 0.284. The predicted molar refractivity (Wildman–Crippen MR) is 82.6 cm³/mol. The molecule has 0 saturated carbocycles. The number of rotatable bonds is 5. The average Bonchev–Trinajstić information content (AvgIpc) is 3.17. The first kappa shape index (κ1) is 15.0. The molecule has 0 radical (unpaired) electrons. The van der Waals surface area contributed by atoms with E-state index in [1.54, 1.807) is 31.0 Å². The molecule has 2 heterocycles. The summed E-state index contributed by atoms with van der Waals surface area (Å²) in [5, 5.41) is 15.1. The van der Waals surface area contributed by atoms with Crippen molar-refractivity contribution in [1.29, 1.82) is 0 Å². The van der Waals surface area contributed by atoms with Crippen molar-refractivity contribution in [2.45, 2.75) is 26.4 Å². The maximum Gasteiger partial charge on any atom is 0.257 e. The molecule has 7 nitrogen and oxygen atoms in total. The number of nitrogens with zero attached hydrogens (tertiary/aromatic N) is 4. The molecule has 0 spiro atoms. The lowest BCUT2D eigenvalue weighted by molar-refractivity contribution is 0.0928. The third kappa shape index (κ3) is 3.28. The Kier molecular flexibility index (Phi) is 4.18. The summed E-state index contributed by atoms with van der Waals surface area (Å²) in [5.41, 5.74) is 2.02. The van der Waals surface area contributed by atoms with E-state index in [0.717, 1.165) is 5.56 Å². The quantitative estimate of drug-likeness (QED) is 0.779. The Morgan fingerprint density at radius 2 is 1.91 bits per heavy atom. The molecule has 0 aliphatic heterocycles. The molecule has 0 saturated heterocycles. The molecule has 1 aromatic carbocycles. The van der Waals surface area contributed by atoms with Crippen LogP contribution < -0.4 is 5.32 Å². The van der Waals surface area contributed by atoms with Crippen molar-refractivity contribution in [2.75, 3.05) is 0 Å². The van der Waals surface area contributed by atoms with Crippen LogP contribution in [0.2, 0.25) is 0 Å². The summed E-state index contributed by atoms with van der Waals surface area (Å²) >= 11 is 0. The van der Waals surface area contributed by atoms with E-state index in [0.29, 0.717) is 23.6 Å². The van der Waals surface area contributed by atoms with Crippen LogP contribution in [0, 0.1) is 13.8 Å². The van der Waals surface area contributed by atoms with E-state index in [-0.39, 0.29) is 11.9 Å². The van der Waals surface area contributed by atoms with Crippen LogP contribution in [0.15, 0.2) is 47.2 Å². The van der Waals surface area contributed by atoms with Gasteiger partial charge in [0.15, 0.2) is 0 Å². The van der Waals surface area contributed by atoms with Crippen molar-refractivity contribution in [3.63, 3.8) is 0 Å². The third-order valence-electron chi connectivity index (χ3n) is 3.58. The van der Waals surface area contributed by atoms with Crippen LogP contribution in [0.25, 0.3) is 0 Å². The summed E-state index contributed by atoms with van der Waals surface area (Å²) in [7, 11) is 0. The first-order chi connectivity index (χ1) is 11.1. The van der Waals surface area contributed by atoms with Gasteiger partial charge in [0.05, 0.1) is 30.7 Å². The minimum atomic E-state index is -0.259. The molecule has 1 amide bonds. The van der Waals surface area contributed by atoms with Gasteiger partial charge in [-0.15, -0.1) is 0 Å². The van der Waals surface area contributed by atoms with Crippen LogP contribution in [0.3, 0.4) is 0 Å². The van der Waals surface area contributed by atoms with Gasteiger partial charge in [-0.1, -0.05) is 35.5 Å². The molecular formula is C16H17N5O2. The fourth-order valence-corrected chi connectivity index (χ4v) is 2.46. The van der Waals surface area contributed by atoms with Gasteiger partial charge in [-0.3, -0.25) is 4.79 Å². The minimum absolute atomic E-state index is 0.220. The molecule has 0 aliphatic carbocycles. The minimum Gasteiger partial charge on any atom is -0.361 e. The Bertz CT molecular complexity index is 761. The van der Waals surface area contributed by atoms with Crippen LogP contribution in [-0.4, -0.2) is 26.1 Å². The summed E-state index contributed by atoms with van der Waals surface area (Å²) in [6, 6.07) is 9.46. The van der Waals surface area contributed by atoms with Crippen molar-refractivity contribution in [1.82, 2.24) is 25.5 Å². The Morgan fingerprint density at radius 3 is 2.52 bits per heavy atom. The lowest BCUT2D eigenvalue weighted by Crippen LogP contribution is -2.32. The van der Waals surface area contributed by atoms with Gasteiger partial charge in [-0.25, -0.2) is 0 Å². The second kappa shape index (κ2) is 6.43. The van der Waals surface area contributed by atoms with Crippen molar-refractivity contribution >= 4 is 5.91 Å². The molecule has 3 aromatic rings. The van der Waals surface area contributed by atoms with Gasteiger partial charge in [-0.2, -0.15) is 15.0 Å². The SMILES string of the molecule is Cc1noc(C)c1C(=O)NC(Cn1nccn1)c1ccccc1. The highest BCUT2D eigenvalue weighted by Gasteiger charge is 2.22. The lowest BCUT2D eigenvalue weighted by atomic mass is 10.1. The zero-order valence-electron chi connectivity index (χ0n) is 12.9. The molecule has 1 N–H and O–H groups in total. The Balaban J connectivity index is 1.85. The summed E-state index contributed by atoms with van der Waals surface area (Å²) in [6.45, 7) is 3.91. The van der Waals surface area contributed by atoms with Gasteiger partial charge in [0.25, 0.3) is 5.91 Å². The molecule has 0 fully saturated rings. The molecule has 0 bridgehead atoms. The van der Waals surface area contributed by atoms with Gasteiger partial charge in [0.2, 0.25) is 0 Å². The molecule has 23 heavy (non-hydrogen) atoms. The molecule has 2 aromatic heterocycles. The number of amides is 1. The Morgan fingerprint density at radius 1 is 1.22 bits per heavy atom. The fraction of sp³-hybridized carbons (Fsp3) is 0.250. The molecule has 1 atom stereocenters. The molecule has 0 aliphatic rings. The summed E-state index contributed by atoms with van der Waals surface area (Å²) in [4.78, 5) is 14.1. The van der Waals surface area contributed by atoms with Crippen LogP contribution in [0.5, 0.6) is 0 Å². The summed E-state index contributed by atoms with van der Waals surface area (Å²) in [6.07, 6.45) is 3.22. The first-order valence-electron chi connectivity index (χ1n) is 7.28. The van der Waals surface area contributed by atoms with Gasteiger partial charge in [-0.05, 0) is 19.4 Å². The van der Waals surface area contributed by atoms with E-state index in [1.165, 1.54) is 0 Å². The van der Waals surface area contributed by atoms with E-state index in [4.69, 9.17) is 4.52 Å². The third-order valence-corrected chi connectivity index (χ3v) is 3.58. The largest absolute Gasteiger partial charge is 0.361 e. The van der Waals surface area contributed by atoms with Crippen molar-refractivity contribution in [3.05, 3.63) is 65.3 Å². The number of carbonyl (C=O) groups excluding carboxylic acids is 1. The van der Waals surface area contributed by atoms with Gasteiger partial charge in [0.1, 0.15) is 11.3 Å². The number of aromatic nitrogens is 4.